The molecular formula is C28H34FNO3. The van der Waals surface area contributed by atoms with E-state index in [0.29, 0.717) is 17.4 Å². The van der Waals surface area contributed by atoms with Crippen LogP contribution < -0.4 is 4.74 Å². The van der Waals surface area contributed by atoms with Gasteiger partial charge in [-0.15, -0.1) is 0 Å². The normalized spacial score (nSPS) is 25.8. The van der Waals surface area contributed by atoms with Crippen LogP contribution in [0.5, 0.6) is 5.88 Å². The highest BCUT2D eigenvalue weighted by Crippen LogP contribution is 2.62. The van der Waals surface area contributed by atoms with Crippen LogP contribution in [0.25, 0.3) is 0 Å². The van der Waals surface area contributed by atoms with E-state index in [0.717, 1.165) is 24.0 Å². The molecule has 0 unspecified atom stereocenters. The average molecular weight is 452 g/mol. The SMILES string of the molecule is CC(C)(C)OC(=O)[C@H]1[C@@H]2Cc3cc(OCc4cc5c(cc4F)C(C)(C)CC5(C)C)ncc3[C@@H]21. The molecule has 0 amide bonds. The van der Waals surface area contributed by atoms with Crippen LogP contribution in [-0.2, 0) is 33.4 Å². The van der Waals surface area contributed by atoms with E-state index in [9.17, 15) is 9.18 Å². The molecule has 0 spiro atoms. The van der Waals surface area contributed by atoms with Gasteiger partial charge in [-0.2, -0.15) is 0 Å². The predicted molar refractivity (Wildman–Crippen MR) is 125 cm³/mol. The first-order chi connectivity index (χ1) is 15.3. The van der Waals surface area contributed by atoms with Crippen LogP contribution in [0.4, 0.5) is 4.39 Å². The summed E-state index contributed by atoms with van der Waals surface area (Å²) in [6.45, 7) is 14.7. The van der Waals surface area contributed by atoms with Crippen molar-refractivity contribution >= 4 is 5.97 Å². The number of fused-ring (bicyclic) bond motifs is 4. The Bertz CT molecular complexity index is 1140. The molecule has 1 aromatic carbocycles. The number of hydrogen-bond donors (Lipinski definition) is 0. The van der Waals surface area contributed by atoms with Crippen LogP contribution in [0.1, 0.15) is 88.6 Å². The lowest BCUT2D eigenvalue weighted by molar-refractivity contribution is -0.157. The van der Waals surface area contributed by atoms with Crippen molar-refractivity contribution in [1.29, 1.82) is 0 Å². The molecule has 0 aliphatic heterocycles. The minimum absolute atomic E-state index is 0.0127. The van der Waals surface area contributed by atoms with Crippen molar-refractivity contribution in [1.82, 2.24) is 4.98 Å². The van der Waals surface area contributed by atoms with Crippen LogP contribution in [-0.4, -0.2) is 16.6 Å². The molecule has 1 aromatic heterocycles. The Balaban J connectivity index is 1.29. The van der Waals surface area contributed by atoms with Gasteiger partial charge < -0.3 is 9.47 Å². The molecule has 4 nitrogen and oxygen atoms in total. The van der Waals surface area contributed by atoms with Gasteiger partial charge in [0.15, 0.2) is 0 Å². The third kappa shape index (κ3) is 3.83. The summed E-state index contributed by atoms with van der Waals surface area (Å²) in [5.41, 5.74) is 4.69. The topological polar surface area (TPSA) is 48.4 Å². The molecule has 0 radical (unpaired) electrons. The molecule has 3 aliphatic rings. The van der Waals surface area contributed by atoms with E-state index < -0.39 is 5.60 Å². The minimum Gasteiger partial charge on any atom is -0.473 e. The fraction of sp³-hybridized carbons (Fsp3) is 0.571. The zero-order valence-electron chi connectivity index (χ0n) is 20.7. The summed E-state index contributed by atoms with van der Waals surface area (Å²) in [6, 6.07) is 5.63. The lowest BCUT2D eigenvalue weighted by Gasteiger charge is -2.22. The fourth-order valence-corrected chi connectivity index (χ4v) is 6.33. The van der Waals surface area contributed by atoms with Crippen LogP contribution in [0.3, 0.4) is 0 Å². The van der Waals surface area contributed by atoms with E-state index in [-0.39, 0.29) is 41.1 Å². The third-order valence-electron chi connectivity index (χ3n) is 7.57. The summed E-state index contributed by atoms with van der Waals surface area (Å²) in [6.07, 6.45) is 3.65. The van der Waals surface area contributed by atoms with E-state index in [1.54, 1.807) is 6.07 Å². The molecule has 5 heteroatoms. The van der Waals surface area contributed by atoms with Crippen molar-refractivity contribution in [3.05, 3.63) is 58.0 Å². The largest absolute Gasteiger partial charge is 0.473 e. The summed E-state index contributed by atoms with van der Waals surface area (Å²) in [4.78, 5) is 16.9. The molecule has 5 rings (SSSR count). The second-order valence-electron chi connectivity index (χ2n) is 12.4. The molecule has 0 bridgehead atoms. The number of nitrogens with zero attached hydrogens (tertiary/aromatic N) is 1. The molecule has 176 valence electrons. The van der Waals surface area contributed by atoms with Gasteiger partial charge in [0.05, 0.1) is 5.92 Å². The lowest BCUT2D eigenvalue weighted by Crippen LogP contribution is -2.26. The molecule has 3 atom stereocenters. The maximum Gasteiger partial charge on any atom is 0.310 e. The van der Waals surface area contributed by atoms with Crippen molar-refractivity contribution in [2.75, 3.05) is 0 Å². The maximum absolute atomic E-state index is 14.9. The number of hydrogen-bond acceptors (Lipinski definition) is 4. The average Bonchev–Trinajstić information content (AvgIpc) is 3.20. The third-order valence-corrected chi connectivity index (χ3v) is 7.57. The zero-order chi connectivity index (χ0) is 23.9. The maximum atomic E-state index is 14.9. The van der Waals surface area contributed by atoms with Crippen molar-refractivity contribution in [2.24, 2.45) is 11.8 Å². The molecule has 2 aromatic rings. The van der Waals surface area contributed by atoms with Gasteiger partial charge in [-0.1, -0.05) is 27.7 Å². The minimum atomic E-state index is -0.468. The Morgan fingerprint density at radius 1 is 1.12 bits per heavy atom. The molecular weight excluding hydrogens is 417 g/mol. The molecule has 0 saturated heterocycles. The quantitative estimate of drug-likeness (QED) is 0.536. The predicted octanol–water partition coefficient (Wildman–Crippen LogP) is 5.99. The van der Waals surface area contributed by atoms with Gasteiger partial charge >= 0.3 is 5.97 Å². The van der Waals surface area contributed by atoms with Gasteiger partial charge in [0.25, 0.3) is 0 Å². The number of carbonyl (C=O) groups is 1. The highest BCUT2D eigenvalue weighted by Gasteiger charge is 2.61. The molecule has 0 N–H and O–H groups in total. The molecule has 1 heterocycles. The number of aromatic nitrogens is 1. The van der Waals surface area contributed by atoms with Crippen LogP contribution in [0, 0.1) is 17.7 Å². The Kier molecular flexibility index (Phi) is 4.77. The van der Waals surface area contributed by atoms with Crippen molar-refractivity contribution < 1.29 is 18.7 Å². The summed E-state index contributed by atoms with van der Waals surface area (Å²) < 4.78 is 26.4. The van der Waals surface area contributed by atoms with E-state index in [1.807, 2.05) is 39.1 Å². The number of pyridine rings is 1. The lowest BCUT2D eigenvalue weighted by atomic mass is 9.82. The van der Waals surface area contributed by atoms with Crippen molar-refractivity contribution in [3.63, 3.8) is 0 Å². The molecule has 1 saturated carbocycles. The number of rotatable bonds is 4. The van der Waals surface area contributed by atoms with E-state index in [1.165, 1.54) is 11.1 Å². The first-order valence-corrected chi connectivity index (χ1v) is 11.9. The Morgan fingerprint density at radius 3 is 2.45 bits per heavy atom. The monoisotopic (exact) mass is 451 g/mol. The van der Waals surface area contributed by atoms with E-state index in [4.69, 9.17) is 9.47 Å². The summed E-state index contributed by atoms with van der Waals surface area (Å²) in [7, 11) is 0. The van der Waals surface area contributed by atoms with Crippen LogP contribution >= 0.6 is 0 Å². The standard InChI is InChI=1S/C28H34FNO3/c1-26(2,3)33-25(31)24-17-8-15-10-22(30-12-18(15)23(17)24)32-13-16-9-19-20(11-21(16)29)28(6,7)14-27(19,4)5/h9-12,17,23-24H,8,13-14H2,1-7H3/t17-,23-,24+/m1/s1. The second-order valence-corrected chi connectivity index (χ2v) is 12.4. The van der Waals surface area contributed by atoms with E-state index in [2.05, 4.69) is 32.7 Å². The number of ether oxygens (including phenoxy) is 2. The Labute approximate surface area is 195 Å². The molecule has 1 fully saturated rings. The zero-order valence-corrected chi connectivity index (χ0v) is 20.7. The van der Waals surface area contributed by atoms with Crippen LogP contribution in [0.2, 0.25) is 0 Å². The number of halogens is 1. The summed E-state index contributed by atoms with van der Waals surface area (Å²) in [5.74, 6) is 0.619. The summed E-state index contributed by atoms with van der Waals surface area (Å²) in [5, 5.41) is 0. The van der Waals surface area contributed by atoms with Crippen molar-refractivity contribution in [3.8, 4) is 5.88 Å². The van der Waals surface area contributed by atoms with Crippen molar-refractivity contribution in [2.45, 2.75) is 90.3 Å². The molecule has 33 heavy (non-hydrogen) atoms. The van der Waals surface area contributed by atoms with Crippen LogP contribution in [0.15, 0.2) is 24.4 Å². The van der Waals surface area contributed by atoms with Gasteiger partial charge in [0.2, 0.25) is 5.88 Å². The highest BCUT2D eigenvalue weighted by molar-refractivity contribution is 5.80. The smallest absolute Gasteiger partial charge is 0.310 e. The number of carbonyl (C=O) groups excluding carboxylic acids is 1. The highest BCUT2D eigenvalue weighted by atomic mass is 19.1. The second kappa shape index (κ2) is 7.04. The van der Waals surface area contributed by atoms with E-state index >= 15 is 0 Å². The fourth-order valence-electron chi connectivity index (χ4n) is 6.33. The van der Waals surface area contributed by atoms with Gasteiger partial charge in [-0.05, 0) is 84.7 Å². The number of esters is 1. The van der Waals surface area contributed by atoms with Gasteiger partial charge in [0.1, 0.15) is 18.0 Å². The molecule has 3 aliphatic carbocycles. The Hall–Kier alpha value is -2.43. The first kappa shape index (κ1) is 22.4. The Morgan fingerprint density at radius 2 is 1.79 bits per heavy atom. The van der Waals surface area contributed by atoms with Gasteiger partial charge in [-0.25, -0.2) is 9.37 Å². The summed E-state index contributed by atoms with van der Waals surface area (Å²) >= 11 is 0. The first-order valence-electron chi connectivity index (χ1n) is 11.9. The van der Waals surface area contributed by atoms with Gasteiger partial charge in [-0.3, -0.25) is 4.79 Å². The number of benzene rings is 1. The van der Waals surface area contributed by atoms with Gasteiger partial charge in [0, 0.05) is 23.7 Å².